The number of benzene rings is 1. The van der Waals surface area contributed by atoms with Crippen LogP contribution in [0.25, 0.3) is 0 Å². The molecular formula is C20H28N2O3. The van der Waals surface area contributed by atoms with Gasteiger partial charge in [0.25, 0.3) is 5.91 Å². The lowest BCUT2D eigenvalue weighted by Gasteiger charge is -2.25. The molecule has 0 aromatic heterocycles. The van der Waals surface area contributed by atoms with Crippen LogP contribution in [0.5, 0.6) is 5.75 Å². The van der Waals surface area contributed by atoms with Gasteiger partial charge in [0.05, 0.1) is 6.61 Å². The van der Waals surface area contributed by atoms with E-state index in [1.165, 1.54) is 0 Å². The molecule has 1 aromatic rings. The maximum absolute atomic E-state index is 12.8. The Morgan fingerprint density at radius 1 is 1.08 bits per heavy atom. The summed E-state index contributed by atoms with van der Waals surface area (Å²) in [4.78, 5) is 29.1. The summed E-state index contributed by atoms with van der Waals surface area (Å²) < 4.78 is 5.51. The summed E-state index contributed by atoms with van der Waals surface area (Å²) in [6.07, 6.45) is 2.24. The lowest BCUT2D eigenvalue weighted by molar-refractivity contribution is -0.132. The van der Waals surface area contributed by atoms with Gasteiger partial charge in [-0.2, -0.15) is 0 Å². The molecule has 5 heteroatoms. The average molecular weight is 344 g/mol. The fourth-order valence-electron chi connectivity index (χ4n) is 3.44. The molecule has 5 nitrogen and oxygen atoms in total. The molecule has 0 N–H and O–H groups in total. The Kier molecular flexibility index (Phi) is 5.02. The number of carbonyl (C=O) groups is 2. The van der Waals surface area contributed by atoms with E-state index in [2.05, 4.69) is 20.8 Å². The summed E-state index contributed by atoms with van der Waals surface area (Å²) in [6, 6.07) is 5.70. The molecule has 2 heterocycles. The Balaban J connectivity index is 1.63. The molecule has 2 aliphatic heterocycles. The average Bonchev–Trinajstić information content (AvgIpc) is 2.86. The van der Waals surface area contributed by atoms with Crippen LogP contribution in [-0.4, -0.2) is 54.4 Å². The second kappa shape index (κ2) is 7.06. The van der Waals surface area contributed by atoms with Crippen LogP contribution in [0.3, 0.4) is 0 Å². The quantitative estimate of drug-likeness (QED) is 0.829. The first-order chi connectivity index (χ1) is 11.8. The summed E-state index contributed by atoms with van der Waals surface area (Å²) in [5, 5.41) is 0. The normalized spacial score (nSPS) is 17.7. The number of carbonyl (C=O) groups excluding carboxylic acids is 2. The zero-order valence-electron chi connectivity index (χ0n) is 15.5. The zero-order valence-corrected chi connectivity index (χ0v) is 15.5. The van der Waals surface area contributed by atoms with Crippen LogP contribution >= 0.6 is 0 Å². The largest absolute Gasteiger partial charge is 0.493 e. The van der Waals surface area contributed by atoms with Gasteiger partial charge in [-0.3, -0.25) is 9.59 Å². The lowest BCUT2D eigenvalue weighted by atomic mass is 9.91. The molecule has 1 aromatic carbocycles. The highest BCUT2D eigenvalue weighted by Crippen LogP contribution is 2.26. The minimum Gasteiger partial charge on any atom is -0.493 e. The Hall–Kier alpha value is -2.04. The van der Waals surface area contributed by atoms with E-state index in [0.717, 1.165) is 36.3 Å². The van der Waals surface area contributed by atoms with Gasteiger partial charge in [-0.05, 0) is 35.6 Å². The van der Waals surface area contributed by atoms with Crippen LogP contribution in [0.15, 0.2) is 18.2 Å². The predicted molar refractivity (Wildman–Crippen MR) is 96.8 cm³/mol. The number of rotatable bonds is 2. The molecule has 0 saturated carbocycles. The van der Waals surface area contributed by atoms with Crippen LogP contribution in [0.4, 0.5) is 0 Å². The standard InChI is InChI=1S/C20H28N2O3/c1-20(2,3)14-18(23)21-8-4-9-22(11-10-21)19(24)16-5-6-17-15(13-16)7-12-25-17/h5-6,13H,4,7-12,14H2,1-3H3. The first-order valence-electron chi connectivity index (χ1n) is 9.16. The van der Waals surface area contributed by atoms with Crippen LogP contribution in [0, 0.1) is 5.41 Å². The fourth-order valence-corrected chi connectivity index (χ4v) is 3.44. The Morgan fingerprint density at radius 3 is 2.56 bits per heavy atom. The van der Waals surface area contributed by atoms with Gasteiger partial charge in [-0.15, -0.1) is 0 Å². The van der Waals surface area contributed by atoms with Crippen molar-refractivity contribution in [1.29, 1.82) is 0 Å². The van der Waals surface area contributed by atoms with Gasteiger partial charge in [0.15, 0.2) is 0 Å². The second-order valence-electron chi connectivity index (χ2n) is 8.18. The van der Waals surface area contributed by atoms with Crippen LogP contribution < -0.4 is 4.74 Å². The van der Waals surface area contributed by atoms with Gasteiger partial charge in [-0.1, -0.05) is 20.8 Å². The molecule has 2 aliphatic rings. The molecule has 0 spiro atoms. The summed E-state index contributed by atoms with van der Waals surface area (Å²) in [5.41, 5.74) is 1.83. The van der Waals surface area contributed by atoms with E-state index >= 15 is 0 Å². The van der Waals surface area contributed by atoms with Gasteiger partial charge >= 0.3 is 0 Å². The molecule has 0 unspecified atom stereocenters. The van der Waals surface area contributed by atoms with E-state index in [0.29, 0.717) is 32.7 Å². The highest BCUT2D eigenvalue weighted by atomic mass is 16.5. The van der Waals surface area contributed by atoms with E-state index in [4.69, 9.17) is 4.74 Å². The zero-order chi connectivity index (χ0) is 18.0. The highest BCUT2D eigenvalue weighted by molar-refractivity contribution is 5.94. The molecule has 0 atom stereocenters. The molecule has 136 valence electrons. The molecule has 1 saturated heterocycles. The predicted octanol–water partition coefficient (Wildman–Crippen LogP) is 2.73. The Morgan fingerprint density at radius 2 is 1.80 bits per heavy atom. The van der Waals surface area contributed by atoms with Gasteiger partial charge < -0.3 is 14.5 Å². The van der Waals surface area contributed by atoms with Crippen LogP contribution in [0.2, 0.25) is 0 Å². The topological polar surface area (TPSA) is 49.9 Å². The van der Waals surface area contributed by atoms with E-state index in [1.54, 1.807) is 0 Å². The minimum absolute atomic E-state index is 0.00855. The van der Waals surface area contributed by atoms with E-state index in [9.17, 15) is 9.59 Å². The fraction of sp³-hybridized carbons (Fsp3) is 0.600. The lowest BCUT2D eigenvalue weighted by Crippen LogP contribution is -2.38. The van der Waals surface area contributed by atoms with E-state index < -0.39 is 0 Å². The summed E-state index contributed by atoms with van der Waals surface area (Å²) >= 11 is 0. The summed E-state index contributed by atoms with van der Waals surface area (Å²) in [7, 11) is 0. The van der Waals surface area contributed by atoms with Gasteiger partial charge in [-0.25, -0.2) is 0 Å². The number of amides is 2. The van der Waals surface area contributed by atoms with E-state index in [1.807, 2.05) is 28.0 Å². The third-order valence-corrected chi connectivity index (χ3v) is 4.75. The second-order valence-corrected chi connectivity index (χ2v) is 8.18. The van der Waals surface area contributed by atoms with Gasteiger partial charge in [0.1, 0.15) is 5.75 Å². The number of nitrogens with zero attached hydrogens (tertiary/aromatic N) is 2. The maximum Gasteiger partial charge on any atom is 0.253 e. The van der Waals surface area contributed by atoms with Crippen molar-refractivity contribution in [3.05, 3.63) is 29.3 Å². The molecule has 2 amide bonds. The summed E-state index contributed by atoms with van der Waals surface area (Å²) in [5.74, 6) is 1.14. The molecule has 0 bridgehead atoms. The molecule has 25 heavy (non-hydrogen) atoms. The van der Waals surface area contributed by atoms with Crippen LogP contribution in [0.1, 0.15) is 49.5 Å². The maximum atomic E-state index is 12.8. The molecule has 3 rings (SSSR count). The summed E-state index contributed by atoms with van der Waals surface area (Å²) in [6.45, 7) is 9.59. The first-order valence-corrected chi connectivity index (χ1v) is 9.16. The van der Waals surface area contributed by atoms with Crippen molar-refractivity contribution in [3.8, 4) is 5.75 Å². The number of fused-ring (bicyclic) bond motifs is 1. The molecular weight excluding hydrogens is 316 g/mol. The van der Waals surface area contributed by atoms with Gasteiger partial charge in [0.2, 0.25) is 5.91 Å². The number of hydrogen-bond donors (Lipinski definition) is 0. The van der Waals surface area contributed by atoms with Gasteiger partial charge in [0, 0.05) is 44.6 Å². The number of hydrogen-bond acceptors (Lipinski definition) is 3. The van der Waals surface area contributed by atoms with Crippen molar-refractivity contribution < 1.29 is 14.3 Å². The SMILES string of the molecule is CC(C)(C)CC(=O)N1CCCN(C(=O)c2ccc3c(c2)CCO3)CC1. The third-order valence-electron chi connectivity index (χ3n) is 4.75. The number of ether oxygens (including phenoxy) is 1. The van der Waals surface area contributed by atoms with Crippen molar-refractivity contribution in [2.24, 2.45) is 5.41 Å². The molecule has 0 aliphatic carbocycles. The van der Waals surface area contributed by atoms with Crippen molar-refractivity contribution in [2.45, 2.75) is 40.0 Å². The molecule has 1 fully saturated rings. The highest BCUT2D eigenvalue weighted by Gasteiger charge is 2.26. The Labute approximate surface area is 149 Å². The third kappa shape index (κ3) is 4.33. The van der Waals surface area contributed by atoms with Crippen molar-refractivity contribution in [2.75, 3.05) is 32.8 Å². The van der Waals surface area contributed by atoms with Crippen molar-refractivity contribution in [1.82, 2.24) is 9.80 Å². The minimum atomic E-state index is -0.00855. The van der Waals surface area contributed by atoms with E-state index in [-0.39, 0.29) is 17.2 Å². The van der Waals surface area contributed by atoms with Crippen molar-refractivity contribution in [3.63, 3.8) is 0 Å². The smallest absolute Gasteiger partial charge is 0.253 e. The first kappa shape index (κ1) is 17.8. The Bertz CT molecular complexity index is 663. The van der Waals surface area contributed by atoms with Crippen LogP contribution in [-0.2, 0) is 11.2 Å². The van der Waals surface area contributed by atoms with Crippen molar-refractivity contribution >= 4 is 11.8 Å². The monoisotopic (exact) mass is 344 g/mol. The molecule has 0 radical (unpaired) electrons.